The van der Waals surface area contributed by atoms with Crippen molar-refractivity contribution in [1.82, 2.24) is 14.6 Å². The zero-order valence-electron chi connectivity index (χ0n) is 22.6. The second-order valence-corrected chi connectivity index (χ2v) is 11.7. The Morgan fingerprint density at radius 3 is 2.26 bits per heavy atom. The highest BCUT2D eigenvalue weighted by atomic mass is 32.2. The number of nitrogens with zero attached hydrogens (tertiary/aromatic N) is 2. The van der Waals surface area contributed by atoms with E-state index in [0.717, 1.165) is 11.1 Å². The summed E-state index contributed by atoms with van der Waals surface area (Å²) < 4.78 is 38.3. The van der Waals surface area contributed by atoms with E-state index in [1.165, 1.54) is 30.5 Å². The molecule has 1 aliphatic rings. The molecule has 2 aromatic carbocycles. The van der Waals surface area contributed by atoms with Gasteiger partial charge >= 0.3 is 10.3 Å². The van der Waals surface area contributed by atoms with Crippen LogP contribution in [0.15, 0.2) is 100 Å². The van der Waals surface area contributed by atoms with E-state index >= 15 is 0 Å². The molecule has 1 aliphatic heterocycles. The van der Waals surface area contributed by atoms with Crippen LogP contribution in [0.25, 0.3) is 0 Å². The maximum atomic E-state index is 13.0. The van der Waals surface area contributed by atoms with Crippen molar-refractivity contribution < 1.29 is 32.1 Å². The number of thiophene rings is 1. The molecule has 2 aromatic heterocycles. The van der Waals surface area contributed by atoms with Crippen molar-refractivity contribution in [1.29, 1.82) is 0 Å². The van der Waals surface area contributed by atoms with E-state index in [9.17, 15) is 27.4 Å². The van der Waals surface area contributed by atoms with E-state index in [1.54, 1.807) is 17.5 Å². The van der Waals surface area contributed by atoms with E-state index in [-0.39, 0.29) is 22.4 Å². The van der Waals surface area contributed by atoms with Crippen LogP contribution in [0.4, 0.5) is 0 Å². The van der Waals surface area contributed by atoms with E-state index < -0.39 is 45.7 Å². The number of β-lactam (4-membered cyclic amide) rings is 1. The van der Waals surface area contributed by atoms with Gasteiger partial charge in [0.05, 0.1) is 16.6 Å². The molecular formula is C29H26N4O8S2. The zero-order valence-corrected chi connectivity index (χ0v) is 24.2. The third-order valence-corrected chi connectivity index (χ3v) is 8.49. The average molecular weight is 623 g/mol. The molecule has 5 rings (SSSR count). The fourth-order valence-corrected chi connectivity index (χ4v) is 6.06. The van der Waals surface area contributed by atoms with Gasteiger partial charge in [0.2, 0.25) is 5.43 Å². The summed E-state index contributed by atoms with van der Waals surface area (Å²) in [5.41, 5.74) is 1.55. The normalized spacial score (nSPS) is 17.0. The van der Waals surface area contributed by atoms with Crippen LogP contribution in [0.1, 0.15) is 34.7 Å². The average Bonchev–Trinajstić information content (AvgIpc) is 3.52. The number of pyridine rings is 1. The van der Waals surface area contributed by atoms with Gasteiger partial charge in [-0.05, 0) is 29.5 Å². The molecular weight excluding hydrogens is 596 g/mol. The van der Waals surface area contributed by atoms with Crippen LogP contribution >= 0.6 is 11.3 Å². The van der Waals surface area contributed by atoms with Gasteiger partial charge in [0.15, 0.2) is 18.1 Å². The molecule has 0 radical (unpaired) electrons. The molecule has 2 atom stereocenters. The Morgan fingerprint density at radius 1 is 1.07 bits per heavy atom. The predicted octanol–water partition coefficient (Wildman–Crippen LogP) is 3.04. The Hall–Kier alpha value is -4.79. The Balaban J connectivity index is 1.28. The van der Waals surface area contributed by atoms with Crippen LogP contribution < -0.4 is 15.5 Å². The largest absolute Gasteiger partial charge is 0.475 e. The molecule has 0 spiro atoms. The van der Waals surface area contributed by atoms with Gasteiger partial charge in [-0.1, -0.05) is 71.9 Å². The maximum Gasteiger partial charge on any atom is 0.362 e. The lowest BCUT2D eigenvalue weighted by Crippen LogP contribution is -2.71. The number of oxime groups is 1. The van der Waals surface area contributed by atoms with Crippen molar-refractivity contribution >= 4 is 39.2 Å². The van der Waals surface area contributed by atoms with Crippen LogP contribution in [0.2, 0.25) is 0 Å². The van der Waals surface area contributed by atoms with Crippen LogP contribution in [0, 0.1) is 0 Å². The summed E-state index contributed by atoms with van der Waals surface area (Å²) in [5.74, 6) is -1.66. The van der Waals surface area contributed by atoms with Crippen molar-refractivity contribution in [3.05, 3.63) is 122 Å². The van der Waals surface area contributed by atoms with Crippen molar-refractivity contribution in [3.63, 3.8) is 0 Å². The summed E-state index contributed by atoms with van der Waals surface area (Å²) in [7, 11) is -4.74. The lowest BCUT2D eigenvalue weighted by atomic mass is 10.0. The number of benzene rings is 2. The minimum atomic E-state index is -4.74. The lowest BCUT2D eigenvalue weighted by molar-refractivity contribution is -0.143. The van der Waals surface area contributed by atoms with Crippen molar-refractivity contribution in [2.45, 2.75) is 31.7 Å². The molecule has 0 saturated carbocycles. The quantitative estimate of drug-likeness (QED) is 0.0993. The van der Waals surface area contributed by atoms with Crippen LogP contribution in [0.3, 0.4) is 0 Å². The van der Waals surface area contributed by atoms with Gasteiger partial charge in [-0.25, -0.2) is 4.31 Å². The number of hydrogen-bond acceptors (Lipinski definition) is 9. The SMILES string of the molecule is C[C@H]1[C@H](NC(=O)C(=NOCc2cc(=O)c(OC(c3ccccc3)c3ccccc3)c[nH]2)c2cccs2)C(=O)N1S(=O)(=O)O. The third kappa shape index (κ3) is 6.66. The van der Waals surface area contributed by atoms with E-state index in [2.05, 4.69) is 15.5 Å². The Labute approximate surface area is 250 Å². The van der Waals surface area contributed by atoms with Gasteiger partial charge in [0.1, 0.15) is 12.1 Å². The topological polar surface area (TPSA) is 167 Å². The van der Waals surface area contributed by atoms with Crippen LogP contribution in [-0.2, 0) is 31.3 Å². The number of hydrogen-bond donors (Lipinski definition) is 3. The van der Waals surface area contributed by atoms with Gasteiger partial charge in [-0.15, -0.1) is 11.3 Å². The Kier molecular flexibility index (Phi) is 8.71. The summed E-state index contributed by atoms with van der Waals surface area (Å²) in [5, 5.41) is 8.08. The zero-order chi connectivity index (χ0) is 30.6. The molecule has 12 nitrogen and oxygen atoms in total. The molecule has 3 N–H and O–H groups in total. The third-order valence-electron chi connectivity index (χ3n) is 6.60. The summed E-state index contributed by atoms with van der Waals surface area (Å²) in [6.45, 7) is 1.16. The highest BCUT2D eigenvalue weighted by molar-refractivity contribution is 7.84. The molecule has 0 unspecified atom stereocenters. The molecule has 1 saturated heterocycles. The number of aromatic nitrogens is 1. The molecule has 43 heavy (non-hydrogen) atoms. The fourth-order valence-electron chi connectivity index (χ4n) is 4.48. The summed E-state index contributed by atoms with van der Waals surface area (Å²) in [6.07, 6.45) is 0.915. The number of ether oxygens (including phenoxy) is 1. The maximum absolute atomic E-state index is 13.0. The number of carbonyl (C=O) groups excluding carboxylic acids is 2. The standard InChI is InChI=1S/C29H26N4O8S2/c1-18-25(29(36)33(18)43(37,38)39)31-28(35)26(24-13-8-14-42-24)32-40-17-21-15-22(34)23(16-30-21)41-27(19-9-4-2-5-10-19)20-11-6-3-7-12-20/h2-16,18,25,27H,17H2,1H3,(H,30,34)(H,31,35)(H,37,38,39)/t18-,25-/m0/s1. The van der Waals surface area contributed by atoms with Gasteiger partial charge in [-0.3, -0.25) is 18.9 Å². The first-order valence-electron chi connectivity index (χ1n) is 13.0. The molecule has 222 valence electrons. The Bertz CT molecular complexity index is 1750. The summed E-state index contributed by atoms with van der Waals surface area (Å²) in [6, 6.07) is 21.5. The molecule has 1 fully saturated rings. The van der Waals surface area contributed by atoms with Crippen LogP contribution in [0.5, 0.6) is 5.75 Å². The summed E-state index contributed by atoms with van der Waals surface area (Å²) >= 11 is 1.19. The van der Waals surface area contributed by atoms with E-state index in [1.807, 2.05) is 60.7 Å². The van der Waals surface area contributed by atoms with Crippen molar-refractivity contribution in [2.24, 2.45) is 5.16 Å². The highest BCUT2D eigenvalue weighted by Gasteiger charge is 2.51. The second-order valence-electron chi connectivity index (χ2n) is 9.50. The van der Waals surface area contributed by atoms with Crippen molar-refractivity contribution in [3.8, 4) is 5.75 Å². The first-order valence-corrected chi connectivity index (χ1v) is 15.2. The molecule has 14 heteroatoms. The monoisotopic (exact) mass is 622 g/mol. The number of carbonyl (C=O) groups is 2. The predicted molar refractivity (Wildman–Crippen MR) is 158 cm³/mol. The number of amides is 2. The number of aromatic amines is 1. The minimum absolute atomic E-state index is 0.0989. The molecule has 2 amide bonds. The highest BCUT2D eigenvalue weighted by Crippen LogP contribution is 2.27. The Morgan fingerprint density at radius 2 is 1.72 bits per heavy atom. The van der Waals surface area contributed by atoms with Gasteiger partial charge in [-0.2, -0.15) is 8.42 Å². The summed E-state index contributed by atoms with van der Waals surface area (Å²) in [4.78, 5) is 46.9. The first-order chi connectivity index (χ1) is 20.6. The number of H-pyrrole nitrogens is 1. The van der Waals surface area contributed by atoms with Gasteiger partial charge < -0.3 is 19.9 Å². The van der Waals surface area contributed by atoms with E-state index in [0.29, 0.717) is 10.6 Å². The fraction of sp³-hybridized carbons (Fsp3) is 0.172. The first kappa shape index (κ1) is 29.7. The van der Waals surface area contributed by atoms with Crippen molar-refractivity contribution in [2.75, 3.05) is 0 Å². The smallest absolute Gasteiger partial charge is 0.362 e. The number of nitrogens with one attached hydrogen (secondary N) is 2. The van der Waals surface area contributed by atoms with Gasteiger partial charge in [0, 0.05) is 12.3 Å². The molecule has 4 aromatic rings. The molecule has 3 heterocycles. The van der Waals surface area contributed by atoms with Crippen LogP contribution in [-0.4, -0.2) is 51.9 Å². The lowest BCUT2D eigenvalue weighted by Gasteiger charge is -2.42. The van der Waals surface area contributed by atoms with E-state index in [4.69, 9.17) is 9.57 Å². The molecule has 0 bridgehead atoms. The van der Waals surface area contributed by atoms with Gasteiger partial charge in [0.25, 0.3) is 11.8 Å². The molecule has 0 aliphatic carbocycles. The number of rotatable bonds is 11. The minimum Gasteiger partial charge on any atom is -0.475 e. The second kappa shape index (κ2) is 12.6.